The number of hydrogen-bond acceptors (Lipinski definition) is 2. The highest BCUT2D eigenvalue weighted by atomic mass is 16.5. The van der Waals surface area contributed by atoms with Gasteiger partial charge in [-0.25, -0.2) is 0 Å². The van der Waals surface area contributed by atoms with Gasteiger partial charge >= 0.3 is 0 Å². The fourth-order valence-electron chi connectivity index (χ4n) is 3.17. The first-order valence-corrected chi connectivity index (χ1v) is 8.81. The molecule has 0 aromatic heterocycles. The lowest BCUT2D eigenvalue weighted by molar-refractivity contribution is 0.104. The molecule has 1 aliphatic rings. The van der Waals surface area contributed by atoms with E-state index in [1.165, 1.54) is 32.1 Å². The minimum Gasteiger partial charge on any atom is -0.488 e. The number of allylic oxidation sites excluding steroid dienone is 2. The zero-order valence-corrected chi connectivity index (χ0v) is 14.0. The Morgan fingerprint density at radius 1 is 0.958 bits per heavy atom. The molecule has 0 amide bonds. The number of benzene rings is 2. The van der Waals surface area contributed by atoms with Crippen molar-refractivity contribution in [1.29, 1.82) is 0 Å². The maximum absolute atomic E-state index is 12.6. The Morgan fingerprint density at radius 3 is 2.46 bits per heavy atom. The molecular weight excluding hydrogens is 296 g/mol. The number of rotatable bonds is 6. The molecular formula is C22H24O2. The zero-order chi connectivity index (χ0) is 16.6. The Balaban J connectivity index is 1.66. The van der Waals surface area contributed by atoms with Crippen LogP contribution < -0.4 is 4.74 Å². The highest BCUT2D eigenvalue weighted by Gasteiger charge is 2.13. The molecule has 2 heteroatoms. The lowest BCUT2D eigenvalue weighted by Gasteiger charge is -2.17. The fraction of sp³-hybridized carbons (Fsp3) is 0.318. The van der Waals surface area contributed by atoms with Gasteiger partial charge in [0, 0.05) is 0 Å². The topological polar surface area (TPSA) is 26.3 Å². The van der Waals surface area contributed by atoms with Gasteiger partial charge in [-0.15, -0.1) is 0 Å². The standard InChI is InChI=1S/C22H24O2/c23-21(16-15-18-9-3-1-4-10-18)20-13-7-8-14-22(20)24-17-19-11-5-2-6-12-19/h2,5-8,11-16,18H,1,3-4,9-10,17H2/b16-15-. The van der Waals surface area contributed by atoms with Gasteiger partial charge in [0.15, 0.2) is 5.78 Å². The van der Waals surface area contributed by atoms with E-state index in [-0.39, 0.29) is 5.78 Å². The molecule has 124 valence electrons. The van der Waals surface area contributed by atoms with Gasteiger partial charge in [-0.1, -0.05) is 67.8 Å². The lowest BCUT2D eigenvalue weighted by Crippen LogP contribution is -2.05. The second-order valence-corrected chi connectivity index (χ2v) is 6.39. The minimum absolute atomic E-state index is 0.0317. The monoisotopic (exact) mass is 320 g/mol. The Bertz CT molecular complexity index is 682. The summed E-state index contributed by atoms with van der Waals surface area (Å²) < 4.78 is 5.88. The third kappa shape index (κ3) is 4.58. The molecule has 1 saturated carbocycles. The van der Waals surface area contributed by atoms with Crippen molar-refractivity contribution in [1.82, 2.24) is 0 Å². The Kier molecular flexibility index (Phi) is 5.84. The molecule has 2 nitrogen and oxygen atoms in total. The smallest absolute Gasteiger partial charge is 0.189 e. The van der Waals surface area contributed by atoms with Crippen LogP contribution in [-0.2, 0) is 6.61 Å². The van der Waals surface area contributed by atoms with Crippen LogP contribution in [0.25, 0.3) is 0 Å². The summed E-state index contributed by atoms with van der Waals surface area (Å²) in [4.78, 5) is 12.6. The summed E-state index contributed by atoms with van der Waals surface area (Å²) in [5.74, 6) is 1.24. The van der Waals surface area contributed by atoms with Gasteiger partial charge in [0.25, 0.3) is 0 Å². The molecule has 0 unspecified atom stereocenters. The largest absolute Gasteiger partial charge is 0.488 e. The van der Waals surface area contributed by atoms with Gasteiger partial charge < -0.3 is 4.74 Å². The Morgan fingerprint density at radius 2 is 1.67 bits per heavy atom. The Labute approximate surface area is 144 Å². The predicted molar refractivity (Wildman–Crippen MR) is 97.3 cm³/mol. The van der Waals surface area contributed by atoms with Crippen LogP contribution in [0.2, 0.25) is 0 Å². The fourth-order valence-corrected chi connectivity index (χ4v) is 3.17. The number of para-hydroxylation sites is 1. The maximum atomic E-state index is 12.6. The summed E-state index contributed by atoms with van der Waals surface area (Å²) in [7, 11) is 0. The summed E-state index contributed by atoms with van der Waals surface area (Å²) in [5.41, 5.74) is 1.73. The van der Waals surface area contributed by atoms with Crippen LogP contribution in [0.5, 0.6) is 5.75 Å². The van der Waals surface area contributed by atoms with Crippen LogP contribution in [0.1, 0.15) is 48.0 Å². The molecule has 1 fully saturated rings. The normalized spacial score (nSPS) is 15.5. The van der Waals surface area contributed by atoms with Crippen molar-refractivity contribution in [3.05, 3.63) is 77.9 Å². The van der Waals surface area contributed by atoms with Gasteiger partial charge in [-0.3, -0.25) is 4.79 Å². The summed E-state index contributed by atoms with van der Waals surface area (Å²) in [5, 5.41) is 0. The number of carbonyl (C=O) groups is 1. The molecule has 0 atom stereocenters. The second kappa shape index (κ2) is 8.49. The lowest BCUT2D eigenvalue weighted by atomic mass is 9.89. The van der Waals surface area contributed by atoms with Crippen molar-refractivity contribution in [3.8, 4) is 5.75 Å². The Hall–Kier alpha value is -2.35. The third-order valence-corrected chi connectivity index (χ3v) is 4.56. The molecule has 0 N–H and O–H groups in total. The van der Waals surface area contributed by atoms with E-state index in [1.54, 1.807) is 6.08 Å². The SMILES string of the molecule is O=C(/C=C\C1CCCCC1)c1ccccc1OCc1ccccc1. The van der Waals surface area contributed by atoms with Crippen molar-refractivity contribution >= 4 is 5.78 Å². The molecule has 3 rings (SSSR count). The molecule has 0 heterocycles. The van der Waals surface area contributed by atoms with E-state index in [9.17, 15) is 4.79 Å². The van der Waals surface area contributed by atoms with E-state index in [1.807, 2.05) is 54.6 Å². The highest BCUT2D eigenvalue weighted by molar-refractivity contribution is 6.06. The first-order chi connectivity index (χ1) is 11.8. The van der Waals surface area contributed by atoms with Crippen LogP contribution in [-0.4, -0.2) is 5.78 Å². The molecule has 0 radical (unpaired) electrons. The van der Waals surface area contributed by atoms with Crippen molar-refractivity contribution in [2.45, 2.75) is 38.7 Å². The maximum Gasteiger partial charge on any atom is 0.189 e. The molecule has 2 aromatic carbocycles. The first kappa shape index (κ1) is 16.5. The van der Waals surface area contributed by atoms with Gasteiger partial charge in [0.05, 0.1) is 5.56 Å². The number of carbonyl (C=O) groups excluding carboxylic acids is 1. The van der Waals surface area contributed by atoms with Crippen LogP contribution in [0, 0.1) is 5.92 Å². The van der Waals surface area contributed by atoms with E-state index >= 15 is 0 Å². The second-order valence-electron chi connectivity index (χ2n) is 6.39. The van der Waals surface area contributed by atoms with Crippen molar-refractivity contribution in [2.75, 3.05) is 0 Å². The van der Waals surface area contributed by atoms with Gasteiger partial charge in [0.2, 0.25) is 0 Å². The van der Waals surface area contributed by atoms with Crippen molar-refractivity contribution in [3.63, 3.8) is 0 Å². The predicted octanol–water partition coefficient (Wildman–Crippen LogP) is 5.58. The summed E-state index contributed by atoms with van der Waals surface area (Å²) >= 11 is 0. The van der Waals surface area contributed by atoms with Crippen LogP contribution in [0.15, 0.2) is 66.7 Å². The first-order valence-electron chi connectivity index (χ1n) is 8.81. The summed E-state index contributed by atoms with van der Waals surface area (Å²) in [6.07, 6.45) is 10.1. The van der Waals surface area contributed by atoms with E-state index in [2.05, 4.69) is 6.08 Å². The average molecular weight is 320 g/mol. The number of ketones is 1. The van der Waals surface area contributed by atoms with Crippen molar-refractivity contribution in [2.24, 2.45) is 5.92 Å². The molecule has 24 heavy (non-hydrogen) atoms. The van der Waals surface area contributed by atoms with E-state index in [4.69, 9.17) is 4.74 Å². The van der Waals surface area contributed by atoms with Gasteiger partial charge in [-0.2, -0.15) is 0 Å². The molecule has 0 bridgehead atoms. The van der Waals surface area contributed by atoms with Crippen LogP contribution in [0.3, 0.4) is 0 Å². The van der Waals surface area contributed by atoms with E-state index in [0.717, 1.165) is 5.56 Å². The van der Waals surface area contributed by atoms with Crippen LogP contribution >= 0.6 is 0 Å². The molecule has 0 spiro atoms. The molecule has 1 aliphatic carbocycles. The van der Waals surface area contributed by atoms with Crippen molar-refractivity contribution < 1.29 is 9.53 Å². The number of hydrogen-bond donors (Lipinski definition) is 0. The molecule has 2 aromatic rings. The van der Waals surface area contributed by atoms with E-state index in [0.29, 0.717) is 23.8 Å². The average Bonchev–Trinajstić information content (AvgIpc) is 2.66. The summed E-state index contributed by atoms with van der Waals surface area (Å²) in [6.45, 7) is 0.470. The van der Waals surface area contributed by atoms with Gasteiger partial charge in [-0.05, 0) is 42.5 Å². The number of ether oxygens (including phenoxy) is 1. The third-order valence-electron chi connectivity index (χ3n) is 4.56. The zero-order valence-electron chi connectivity index (χ0n) is 14.0. The molecule has 0 saturated heterocycles. The van der Waals surface area contributed by atoms with E-state index < -0.39 is 0 Å². The minimum atomic E-state index is 0.0317. The molecule has 0 aliphatic heterocycles. The quantitative estimate of drug-likeness (QED) is 0.512. The van der Waals surface area contributed by atoms with Crippen LogP contribution in [0.4, 0.5) is 0 Å². The van der Waals surface area contributed by atoms with Gasteiger partial charge in [0.1, 0.15) is 12.4 Å². The highest BCUT2D eigenvalue weighted by Crippen LogP contribution is 2.25. The summed E-state index contributed by atoms with van der Waals surface area (Å²) in [6, 6.07) is 17.5.